The van der Waals surface area contributed by atoms with E-state index in [-0.39, 0.29) is 18.3 Å². The highest BCUT2D eigenvalue weighted by Crippen LogP contribution is 2.21. The number of nitrogens with zero attached hydrogens (tertiary/aromatic N) is 1. The zero-order valence-electron chi connectivity index (χ0n) is 12.3. The summed E-state index contributed by atoms with van der Waals surface area (Å²) in [5, 5.41) is 9.16. The molecule has 1 fully saturated rings. The second-order valence-electron chi connectivity index (χ2n) is 5.79. The molecule has 0 aromatic heterocycles. The van der Waals surface area contributed by atoms with Gasteiger partial charge in [-0.1, -0.05) is 43.7 Å². The summed E-state index contributed by atoms with van der Waals surface area (Å²) >= 11 is 0. The normalized spacial score (nSPS) is 21.6. The highest BCUT2D eigenvalue weighted by molar-refractivity contribution is 5.97. The van der Waals surface area contributed by atoms with Crippen molar-refractivity contribution in [2.75, 3.05) is 19.7 Å². The van der Waals surface area contributed by atoms with Crippen molar-refractivity contribution in [2.45, 2.75) is 38.6 Å². The maximum absolute atomic E-state index is 12.4. The third-order valence-electron chi connectivity index (χ3n) is 4.23. The molecule has 0 bridgehead atoms. The Bertz CT molecular complexity index is 416. The quantitative estimate of drug-likeness (QED) is 0.812. The fraction of sp³-hybridized carbons (Fsp3) is 0.588. The lowest BCUT2D eigenvalue weighted by atomic mass is 9.94. The van der Waals surface area contributed by atoms with Gasteiger partial charge in [-0.2, -0.15) is 0 Å². The molecule has 0 amide bonds. The van der Waals surface area contributed by atoms with Crippen molar-refractivity contribution in [1.29, 1.82) is 0 Å². The Morgan fingerprint density at radius 2 is 2.10 bits per heavy atom. The van der Waals surface area contributed by atoms with Crippen LogP contribution in [0.25, 0.3) is 0 Å². The van der Waals surface area contributed by atoms with Crippen molar-refractivity contribution in [3.05, 3.63) is 35.9 Å². The van der Waals surface area contributed by atoms with Crippen molar-refractivity contribution in [3.63, 3.8) is 0 Å². The largest absolute Gasteiger partial charge is 0.396 e. The summed E-state index contributed by atoms with van der Waals surface area (Å²) < 4.78 is 0. The lowest BCUT2D eigenvalue weighted by Gasteiger charge is -2.36. The van der Waals surface area contributed by atoms with Gasteiger partial charge in [-0.25, -0.2) is 0 Å². The molecule has 0 aliphatic carbocycles. The van der Waals surface area contributed by atoms with Crippen LogP contribution < -0.4 is 0 Å². The van der Waals surface area contributed by atoms with Crippen LogP contribution in [0.4, 0.5) is 0 Å². The monoisotopic (exact) mass is 275 g/mol. The Labute approximate surface area is 121 Å². The second kappa shape index (κ2) is 7.55. The number of likely N-dealkylation sites (tertiary alicyclic amines) is 1. The maximum atomic E-state index is 12.4. The van der Waals surface area contributed by atoms with Crippen LogP contribution in [0, 0.1) is 5.92 Å². The van der Waals surface area contributed by atoms with Gasteiger partial charge < -0.3 is 5.11 Å². The summed E-state index contributed by atoms with van der Waals surface area (Å²) in [7, 11) is 0. The molecule has 1 aromatic carbocycles. The SMILES string of the molecule is CC(CN1CCCCC1CCO)C(=O)c1ccccc1. The Kier molecular flexibility index (Phi) is 5.74. The Morgan fingerprint density at radius 1 is 1.35 bits per heavy atom. The first-order valence-electron chi connectivity index (χ1n) is 7.66. The van der Waals surface area contributed by atoms with E-state index in [2.05, 4.69) is 4.90 Å². The molecule has 2 unspecified atom stereocenters. The van der Waals surface area contributed by atoms with Crippen LogP contribution >= 0.6 is 0 Å². The molecule has 20 heavy (non-hydrogen) atoms. The first-order chi connectivity index (χ1) is 9.72. The minimum Gasteiger partial charge on any atom is -0.396 e. The van der Waals surface area contributed by atoms with Crippen LogP contribution in [0.1, 0.15) is 43.0 Å². The van der Waals surface area contributed by atoms with E-state index in [1.165, 1.54) is 12.8 Å². The number of aliphatic hydroxyl groups excluding tert-OH is 1. The Hall–Kier alpha value is -1.19. The first-order valence-corrected chi connectivity index (χ1v) is 7.66. The van der Waals surface area contributed by atoms with Crippen molar-refractivity contribution in [3.8, 4) is 0 Å². The van der Waals surface area contributed by atoms with Gasteiger partial charge in [-0.3, -0.25) is 9.69 Å². The molecule has 3 heteroatoms. The zero-order valence-corrected chi connectivity index (χ0v) is 12.3. The van der Waals surface area contributed by atoms with E-state index in [9.17, 15) is 4.79 Å². The molecule has 1 aromatic rings. The first kappa shape index (κ1) is 15.2. The predicted octanol–water partition coefficient (Wildman–Crippen LogP) is 2.74. The zero-order chi connectivity index (χ0) is 14.4. The van der Waals surface area contributed by atoms with E-state index in [1.54, 1.807) is 0 Å². The van der Waals surface area contributed by atoms with Crippen LogP contribution in [-0.2, 0) is 0 Å². The average molecular weight is 275 g/mol. The number of carbonyl (C=O) groups is 1. The van der Waals surface area contributed by atoms with Crippen LogP contribution in [0.15, 0.2) is 30.3 Å². The molecule has 1 aliphatic heterocycles. The van der Waals surface area contributed by atoms with Crippen LogP contribution in [-0.4, -0.2) is 41.5 Å². The molecule has 2 rings (SSSR count). The molecule has 2 atom stereocenters. The number of hydrogen-bond donors (Lipinski definition) is 1. The fourth-order valence-electron chi connectivity index (χ4n) is 3.10. The van der Waals surface area contributed by atoms with Gasteiger partial charge in [0.15, 0.2) is 5.78 Å². The summed E-state index contributed by atoms with van der Waals surface area (Å²) in [6, 6.07) is 9.98. The highest BCUT2D eigenvalue weighted by Gasteiger charge is 2.25. The molecule has 1 saturated heterocycles. The van der Waals surface area contributed by atoms with E-state index >= 15 is 0 Å². The number of ketones is 1. The van der Waals surface area contributed by atoms with Crippen LogP contribution in [0.2, 0.25) is 0 Å². The van der Waals surface area contributed by atoms with Gasteiger partial charge in [-0.15, -0.1) is 0 Å². The number of aliphatic hydroxyl groups is 1. The molecule has 1 N–H and O–H groups in total. The molecular weight excluding hydrogens is 250 g/mol. The van der Waals surface area contributed by atoms with Crippen molar-refractivity contribution in [1.82, 2.24) is 4.90 Å². The molecule has 110 valence electrons. The molecule has 1 heterocycles. The third kappa shape index (κ3) is 3.90. The number of carbonyl (C=O) groups excluding carboxylic acids is 1. The van der Waals surface area contributed by atoms with E-state index in [1.807, 2.05) is 37.3 Å². The summed E-state index contributed by atoms with van der Waals surface area (Å²) in [5.41, 5.74) is 0.802. The minimum absolute atomic E-state index is 0.0108. The number of Topliss-reactive ketones (excluding diaryl/α,β-unsaturated/α-hetero) is 1. The van der Waals surface area contributed by atoms with Gasteiger partial charge in [0.1, 0.15) is 0 Å². The number of benzene rings is 1. The van der Waals surface area contributed by atoms with Gasteiger partial charge in [-0.05, 0) is 25.8 Å². The van der Waals surface area contributed by atoms with Gasteiger partial charge in [0, 0.05) is 30.7 Å². The molecule has 0 radical (unpaired) electrons. The van der Waals surface area contributed by atoms with E-state index in [0.29, 0.717) is 6.04 Å². The number of rotatable bonds is 6. The third-order valence-corrected chi connectivity index (χ3v) is 4.23. The van der Waals surface area contributed by atoms with Gasteiger partial charge in [0.25, 0.3) is 0 Å². The Balaban J connectivity index is 1.95. The van der Waals surface area contributed by atoms with Gasteiger partial charge >= 0.3 is 0 Å². The number of piperidine rings is 1. The van der Waals surface area contributed by atoms with E-state index in [4.69, 9.17) is 5.11 Å². The summed E-state index contributed by atoms with van der Waals surface area (Å²) in [6.07, 6.45) is 4.41. The number of hydrogen-bond acceptors (Lipinski definition) is 3. The highest BCUT2D eigenvalue weighted by atomic mass is 16.3. The summed E-state index contributed by atoms with van der Waals surface area (Å²) in [4.78, 5) is 14.8. The summed E-state index contributed by atoms with van der Waals surface area (Å²) in [5.74, 6) is 0.232. The molecule has 0 spiro atoms. The van der Waals surface area contributed by atoms with E-state index < -0.39 is 0 Å². The van der Waals surface area contributed by atoms with E-state index in [0.717, 1.165) is 31.5 Å². The predicted molar refractivity (Wildman–Crippen MR) is 80.9 cm³/mol. The van der Waals surface area contributed by atoms with Crippen LogP contribution in [0.5, 0.6) is 0 Å². The minimum atomic E-state index is 0.0108. The maximum Gasteiger partial charge on any atom is 0.166 e. The lowest BCUT2D eigenvalue weighted by molar-refractivity contribution is 0.0783. The summed E-state index contributed by atoms with van der Waals surface area (Å²) in [6.45, 7) is 4.11. The second-order valence-corrected chi connectivity index (χ2v) is 5.79. The fourth-order valence-corrected chi connectivity index (χ4v) is 3.10. The Morgan fingerprint density at radius 3 is 2.80 bits per heavy atom. The molecule has 3 nitrogen and oxygen atoms in total. The van der Waals surface area contributed by atoms with Gasteiger partial charge in [0.2, 0.25) is 0 Å². The van der Waals surface area contributed by atoms with Crippen molar-refractivity contribution < 1.29 is 9.90 Å². The van der Waals surface area contributed by atoms with Gasteiger partial charge in [0.05, 0.1) is 0 Å². The molecule has 1 aliphatic rings. The smallest absolute Gasteiger partial charge is 0.166 e. The van der Waals surface area contributed by atoms with Crippen molar-refractivity contribution >= 4 is 5.78 Å². The lowest BCUT2D eigenvalue weighted by Crippen LogP contribution is -2.43. The molecular formula is C17H25NO2. The van der Waals surface area contributed by atoms with Crippen molar-refractivity contribution in [2.24, 2.45) is 5.92 Å². The average Bonchev–Trinajstić information content (AvgIpc) is 2.49. The topological polar surface area (TPSA) is 40.5 Å². The molecule has 0 saturated carbocycles. The van der Waals surface area contributed by atoms with Crippen LogP contribution in [0.3, 0.4) is 0 Å². The standard InChI is InChI=1S/C17H25NO2/c1-14(17(20)15-7-3-2-4-8-15)13-18-11-6-5-9-16(18)10-12-19/h2-4,7-8,14,16,19H,5-6,9-13H2,1H3.